The predicted octanol–water partition coefficient (Wildman–Crippen LogP) is 2.37. The van der Waals surface area contributed by atoms with Crippen molar-refractivity contribution in [3.8, 4) is 0 Å². The number of hydrogen-bond acceptors (Lipinski definition) is 5. The van der Waals surface area contributed by atoms with E-state index in [-0.39, 0.29) is 17.9 Å². The third-order valence-corrected chi connectivity index (χ3v) is 5.20. The van der Waals surface area contributed by atoms with Gasteiger partial charge in [-0.15, -0.1) is 0 Å². The van der Waals surface area contributed by atoms with Gasteiger partial charge in [0.2, 0.25) is 5.91 Å². The van der Waals surface area contributed by atoms with E-state index in [1.807, 2.05) is 56.3 Å². The minimum atomic E-state index is -0.138. The standard InChI is InChI=1S/C23H31N5O2/c1-18-15-25-21(16-24-18)23(30)28(20-9-10-20)12-11-22(29)27(14-13-26(2)3)17-19-7-5-4-6-8-19/h4-8,15-16,20H,9-14,17H2,1-3H3. The summed E-state index contributed by atoms with van der Waals surface area (Å²) in [5.74, 6) is -0.0742. The van der Waals surface area contributed by atoms with Crippen LogP contribution >= 0.6 is 0 Å². The van der Waals surface area contributed by atoms with Crippen molar-refractivity contribution >= 4 is 11.8 Å². The Morgan fingerprint density at radius 1 is 1.00 bits per heavy atom. The molecule has 0 aliphatic heterocycles. The van der Waals surface area contributed by atoms with E-state index in [4.69, 9.17) is 0 Å². The fraction of sp³-hybridized carbons (Fsp3) is 0.478. The molecule has 0 spiro atoms. The lowest BCUT2D eigenvalue weighted by Gasteiger charge is -2.27. The minimum absolute atomic E-state index is 0.0640. The Labute approximate surface area is 178 Å². The van der Waals surface area contributed by atoms with Crippen molar-refractivity contribution in [2.75, 3.05) is 33.7 Å². The van der Waals surface area contributed by atoms with Crippen LogP contribution in [0.3, 0.4) is 0 Å². The number of carbonyl (C=O) groups excluding carboxylic acids is 2. The largest absolute Gasteiger partial charge is 0.337 e. The van der Waals surface area contributed by atoms with Gasteiger partial charge in [0.05, 0.1) is 11.9 Å². The van der Waals surface area contributed by atoms with Crippen LogP contribution in [0.15, 0.2) is 42.7 Å². The zero-order valence-electron chi connectivity index (χ0n) is 18.1. The molecule has 1 aliphatic carbocycles. The first kappa shape index (κ1) is 21.9. The molecule has 0 bridgehead atoms. The summed E-state index contributed by atoms with van der Waals surface area (Å²) in [6.07, 6.45) is 5.39. The second-order valence-corrected chi connectivity index (χ2v) is 8.13. The zero-order chi connectivity index (χ0) is 21.5. The Balaban J connectivity index is 1.64. The second kappa shape index (κ2) is 10.3. The van der Waals surface area contributed by atoms with Crippen LogP contribution in [-0.2, 0) is 11.3 Å². The van der Waals surface area contributed by atoms with E-state index in [0.717, 1.165) is 30.6 Å². The molecule has 0 unspecified atom stereocenters. The molecule has 1 aliphatic rings. The molecule has 1 saturated carbocycles. The molecular formula is C23H31N5O2. The van der Waals surface area contributed by atoms with Gasteiger partial charge < -0.3 is 14.7 Å². The normalized spacial score (nSPS) is 13.3. The summed E-state index contributed by atoms with van der Waals surface area (Å²) in [5, 5.41) is 0. The highest BCUT2D eigenvalue weighted by atomic mass is 16.2. The number of amides is 2. The Morgan fingerprint density at radius 2 is 1.73 bits per heavy atom. The summed E-state index contributed by atoms with van der Waals surface area (Å²) in [6, 6.07) is 10.2. The maximum absolute atomic E-state index is 13.1. The van der Waals surface area contributed by atoms with E-state index in [1.54, 1.807) is 11.1 Å². The monoisotopic (exact) mass is 409 g/mol. The summed E-state index contributed by atoms with van der Waals surface area (Å²) >= 11 is 0. The molecule has 1 heterocycles. The molecule has 0 N–H and O–H groups in total. The lowest BCUT2D eigenvalue weighted by Crippen LogP contribution is -2.40. The molecule has 0 radical (unpaired) electrons. The van der Waals surface area contributed by atoms with E-state index in [9.17, 15) is 9.59 Å². The molecule has 3 rings (SSSR count). The Kier molecular flexibility index (Phi) is 7.52. The van der Waals surface area contributed by atoms with Crippen LogP contribution in [0.1, 0.15) is 41.0 Å². The lowest BCUT2D eigenvalue weighted by molar-refractivity contribution is -0.132. The highest BCUT2D eigenvalue weighted by Gasteiger charge is 2.34. The van der Waals surface area contributed by atoms with Gasteiger partial charge in [0.25, 0.3) is 5.91 Å². The Morgan fingerprint density at radius 3 is 2.33 bits per heavy atom. The van der Waals surface area contributed by atoms with Gasteiger partial charge in [0, 0.05) is 44.8 Å². The van der Waals surface area contributed by atoms with Gasteiger partial charge in [-0.2, -0.15) is 0 Å². The average molecular weight is 410 g/mol. The lowest BCUT2D eigenvalue weighted by atomic mass is 10.2. The van der Waals surface area contributed by atoms with Crippen molar-refractivity contribution in [3.05, 3.63) is 59.7 Å². The number of nitrogens with zero attached hydrogens (tertiary/aromatic N) is 5. The summed E-state index contributed by atoms with van der Waals surface area (Å²) < 4.78 is 0. The first-order valence-corrected chi connectivity index (χ1v) is 10.5. The first-order valence-electron chi connectivity index (χ1n) is 10.5. The van der Waals surface area contributed by atoms with E-state index in [1.165, 1.54) is 6.20 Å². The fourth-order valence-corrected chi connectivity index (χ4v) is 3.28. The quantitative estimate of drug-likeness (QED) is 0.603. The van der Waals surface area contributed by atoms with Crippen LogP contribution in [0.25, 0.3) is 0 Å². The smallest absolute Gasteiger partial charge is 0.274 e. The van der Waals surface area contributed by atoms with Gasteiger partial charge in [-0.05, 0) is 39.4 Å². The number of hydrogen-bond donors (Lipinski definition) is 0. The number of carbonyl (C=O) groups is 2. The van der Waals surface area contributed by atoms with Gasteiger partial charge in [0.15, 0.2) is 0 Å². The number of benzene rings is 1. The van der Waals surface area contributed by atoms with E-state index < -0.39 is 0 Å². The molecule has 0 saturated heterocycles. The molecule has 2 aromatic rings. The molecule has 7 heteroatoms. The third-order valence-electron chi connectivity index (χ3n) is 5.20. The fourth-order valence-electron chi connectivity index (χ4n) is 3.28. The topological polar surface area (TPSA) is 69.6 Å². The number of rotatable bonds is 10. The first-order chi connectivity index (χ1) is 14.4. The zero-order valence-corrected chi connectivity index (χ0v) is 18.1. The molecule has 160 valence electrons. The van der Waals surface area contributed by atoms with Crippen LogP contribution in [0.2, 0.25) is 0 Å². The van der Waals surface area contributed by atoms with Crippen molar-refractivity contribution in [1.82, 2.24) is 24.7 Å². The summed E-state index contributed by atoms with van der Waals surface area (Å²) in [5.41, 5.74) is 2.22. The maximum Gasteiger partial charge on any atom is 0.274 e. The maximum atomic E-state index is 13.1. The second-order valence-electron chi connectivity index (χ2n) is 8.13. The minimum Gasteiger partial charge on any atom is -0.337 e. The van der Waals surface area contributed by atoms with Gasteiger partial charge in [-0.3, -0.25) is 14.6 Å². The third kappa shape index (κ3) is 6.35. The van der Waals surface area contributed by atoms with Crippen LogP contribution < -0.4 is 0 Å². The van der Waals surface area contributed by atoms with Gasteiger partial charge in [-0.1, -0.05) is 30.3 Å². The molecule has 30 heavy (non-hydrogen) atoms. The summed E-state index contributed by atoms with van der Waals surface area (Å²) in [6.45, 7) is 4.28. The van der Waals surface area contributed by atoms with Crippen LogP contribution in [-0.4, -0.2) is 76.3 Å². The number of aromatic nitrogens is 2. The van der Waals surface area contributed by atoms with Crippen LogP contribution in [0.5, 0.6) is 0 Å². The number of aryl methyl sites for hydroxylation is 1. The summed E-state index contributed by atoms with van der Waals surface area (Å²) in [7, 11) is 4.00. The van der Waals surface area contributed by atoms with Gasteiger partial charge in [-0.25, -0.2) is 4.98 Å². The van der Waals surface area contributed by atoms with Crippen molar-refractivity contribution < 1.29 is 9.59 Å². The molecule has 0 atom stereocenters. The highest BCUT2D eigenvalue weighted by Crippen LogP contribution is 2.28. The van der Waals surface area contributed by atoms with Crippen LogP contribution in [0.4, 0.5) is 0 Å². The SMILES string of the molecule is Cc1cnc(C(=O)N(CCC(=O)N(CCN(C)C)Cc2ccccc2)C2CC2)cn1. The predicted molar refractivity (Wildman–Crippen MR) is 116 cm³/mol. The molecule has 2 amide bonds. The van der Waals surface area contributed by atoms with Crippen molar-refractivity contribution in [1.29, 1.82) is 0 Å². The molecule has 7 nitrogen and oxygen atoms in total. The average Bonchev–Trinajstić information content (AvgIpc) is 3.57. The molecule has 1 aromatic carbocycles. The highest BCUT2D eigenvalue weighted by molar-refractivity contribution is 5.92. The Bertz CT molecular complexity index is 834. The Hall–Kier alpha value is -2.80. The summed E-state index contributed by atoms with van der Waals surface area (Å²) in [4.78, 5) is 40.1. The van der Waals surface area contributed by atoms with E-state index in [2.05, 4.69) is 14.9 Å². The molecule has 1 fully saturated rings. The van der Waals surface area contributed by atoms with Gasteiger partial charge >= 0.3 is 0 Å². The molecular weight excluding hydrogens is 378 g/mol. The number of likely N-dealkylation sites (N-methyl/N-ethyl adjacent to an activating group) is 1. The van der Waals surface area contributed by atoms with Gasteiger partial charge in [0.1, 0.15) is 5.69 Å². The van der Waals surface area contributed by atoms with Crippen molar-refractivity contribution in [2.24, 2.45) is 0 Å². The van der Waals surface area contributed by atoms with Crippen LogP contribution in [0, 0.1) is 6.92 Å². The van der Waals surface area contributed by atoms with E-state index in [0.29, 0.717) is 31.7 Å². The van der Waals surface area contributed by atoms with E-state index >= 15 is 0 Å². The van der Waals surface area contributed by atoms with Crippen molar-refractivity contribution in [2.45, 2.75) is 38.8 Å². The van der Waals surface area contributed by atoms with Crippen molar-refractivity contribution in [3.63, 3.8) is 0 Å². The molecule has 1 aromatic heterocycles.